The van der Waals surface area contributed by atoms with Gasteiger partial charge in [-0.05, 0) is 23.3 Å². The average Bonchev–Trinajstić information content (AvgIpc) is 1.69. The molecule has 1 heteroatoms. The fraction of sp³-hybridized carbons (Fsp3) is 0. The third kappa shape index (κ3) is 5.35. The van der Waals surface area contributed by atoms with Gasteiger partial charge in [0.15, 0.2) is 0 Å². The predicted octanol–water partition coefficient (Wildman–Crippen LogP) is 1.88. The molecule has 0 nitrogen and oxygen atoms in total. The molecule has 0 aromatic carbocycles. The number of hydrogen-bond acceptors (Lipinski definition) is 1. The smallest absolute Gasteiger partial charge is 0.00837 e. The maximum absolute atomic E-state index is 4.37. The summed E-state index contributed by atoms with van der Waals surface area (Å²) in [4.78, 5) is 0. The molecule has 0 rings (SSSR count). The van der Waals surface area contributed by atoms with E-state index in [1.54, 1.807) is 24.3 Å². The van der Waals surface area contributed by atoms with E-state index in [9.17, 15) is 0 Å². The van der Waals surface area contributed by atoms with Gasteiger partial charge < -0.3 is 0 Å². The molecule has 0 aliphatic rings. The molecule has 0 fully saturated rings. The molecule has 7 heavy (non-hydrogen) atoms. The van der Waals surface area contributed by atoms with Gasteiger partial charge in [0.25, 0.3) is 0 Å². The van der Waals surface area contributed by atoms with Crippen LogP contribution in [0.25, 0.3) is 0 Å². The second-order valence-electron chi connectivity index (χ2n) is 0.905. The molecular formula is C6H6S. The maximum Gasteiger partial charge on any atom is -0.00837 e. The highest BCUT2D eigenvalue weighted by Gasteiger charge is 1.51. The van der Waals surface area contributed by atoms with Crippen molar-refractivity contribution >= 4 is 17.2 Å². The van der Waals surface area contributed by atoms with Gasteiger partial charge in [-0.1, -0.05) is 24.8 Å². The van der Waals surface area contributed by atoms with E-state index in [0.29, 0.717) is 0 Å². The minimum absolute atomic E-state index is 1.65. The summed E-state index contributed by atoms with van der Waals surface area (Å²) in [5.41, 5.74) is 0. The topological polar surface area (TPSA) is 0 Å². The van der Waals surface area contributed by atoms with Gasteiger partial charge in [0, 0.05) is 0 Å². The van der Waals surface area contributed by atoms with Crippen LogP contribution in [-0.4, -0.2) is 5.02 Å². The molecule has 0 atom stereocenters. The van der Waals surface area contributed by atoms with Crippen LogP contribution in [0, 0.1) is 0 Å². The van der Waals surface area contributed by atoms with Gasteiger partial charge in [0.05, 0.1) is 0 Å². The van der Waals surface area contributed by atoms with Gasteiger partial charge in [0.1, 0.15) is 0 Å². The van der Waals surface area contributed by atoms with Crippen molar-refractivity contribution in [1.29, 1.82) is 0 Å². The van der Waals surface area contributed by atoms with Gasteiger partial charge in [-0.2, -0.15) is 0 Å². The second-order valence-corrected chi connectivity index (χ2v) is 1.14. The Morgan fingerprint density at radius 1 is 1.43 bits per heavy atom. The van der Waals surface area contributed by atoms with Gasteiger partial charge in [-0.15, -0.1) is 0 Å². The maximum atomic E-state index is 4.37. The van der Waals surface area contributed by atoms with Crippen LogP contribution in [-0.2, 0) is 0 Å². The third-order valence-corrected chi connectivity index (χ3v) is 0.548. The quantitative estimate of drug-likeness (QED) is 0.386. The summed E-state index contributed by atoms with van der Waals surface area (Å²) in [6, 6.07) is 0. The largest absolute Gasteiger partial charge is 0.0991 e. The molecule has 0 aliphatic carbocycles. The Balaban J connectivity index is 3.47. The highest BCUT2D eigenvalue weighted by atomic mass is 32.1. The van der Waals surface area contributed by atoms with Crippen molar-refractivity contribution in [2.45, 2.75) is 0 Å². The van der Waals surface area contributed by atoms with Gasteiger partial charge >= 0.3 is 0 Å². The van der Waals surface area contributed by atoms with Gasteiger partial charge in [-0.3, -0.25) is 0 Å². The molecular weight excluding hydrogens is 104 g/mol. The number of hydrogen-bond donors (Lipinski definition) is 0. The van der Waals surface area contributed by atoms with Crippen LogP contribution in [0.3, 0.4) is 0 Å². The lowest BCUT2D eigenvalue weighted by molar-refractivity contribution is 2.01. The normalized spacial score (nSPS) is 8.00. The molecule has 0 heterocycles. The second kappa shape index (κ2) is 5.35. The van der Waals surface area contributed by atoms with E-state index in [-0.39, 0.29) is 0 Å². The van der Waals surface area contributed by atoms with Crippen LogP contribution in [0.4, 0.5) is 0 Å². The zero-order valence-corrected chi connectivity index (χ0v) is 4.74. The molecule has 0 aromatic heterocycles. The predicted molar refractivity (Wildman–Crippen MR) is 36.5 cm³/mol. The van der Waals surface area contributed by atoms with E-state index >= 15 is 0 Å². The molecule has 0 unspecified atom stereocenters. The lowest BCUT2D eigenvalue weighted by atomic mass is 10.5. The first-order valence-electron chi connectivity index (χ1n) is 1.90. The van der Waals surface area contributed by atoms with Crippen molar-refractivity contribution in [2.75, 3.05) is 0 Å². The van der Waals surface area contributed by atoms with Crippen molar-refractivity contribution in [2.24, 2.45) is 0 Å². The Morgan fingerprint density at radius 3 is 2.57 bits per heavy atom. The Morgan fingerprint density at radius 2 is 2.14 bits per heavy atom. The first kappa shape index (κ1) is 6.35. The highest BCUT2D eigenvalue weighted by molar-refractivity contribution is 7.78. The van der Waals surface area contributed by atoms with Gasteiger partial charge in [0.2, 0.25) is 0 Å². The molecule has 0 aromatic rings. The van der Waals surface area contributed by atoms with Crippen LogP contribution in [0.15, 0.2) is 30.9 Å². The Kier molecular flexibility index (Phi) is 4.85. The Bertz CT molecular complexity index is 116. The minimum atomic E-state index is 1.65. The summed E-state index contributed by atoms with van der Waals surface area (Å²) in [5, 5.41) is 2.43. The molecule has 0 spiro atoms. The first-order valence-corrected chi connectivity index (χ1v) is 2.31. The summed E-state index contributed by atoms with van der Waals surface area (Å²) in [5.74, 6) is 0. The molecule has 0 saturated carbocycles. The minimum Gasteiger partial charge on any atom is -0.0991 e. The average molecular weight is 110 g/mol. The van der Waals surface area contributed by atoms with Crippen LogP contribution >= 0.6 is 12.2 Å². The molecule has 0 aliphatic heterocycles. The Labute approximate surface area is 48.9 Å². The molecule has 0 bridgehead atoms. The number of thiocarbonyl (C=S) groups is 1. The zero-order valence-electron chi connectivity index (χ0n) is 3.92. The lowest BCUT2D eigenvalue weighted by Crippen LogP contribution is -1.43. The van der Waals surface area contributed by atoms with Crippen molar-refractivity contribution in [1.82, 2.24) is 0 Å². The van der Waals surface area contributed by atoms with E-state index in [0.717, 1.165) is 0 Å². The fourth-order valence-electron chi connectivity index (χ4n) is 0.173. The lowest BCUT2D eigenvalue weighted by Gasteiger charge is -1.60. The van der Waals surface area contributed by atoms with Crippen molar-refractivity contribution in [3.05, 3.63) is 30.9 Å². The molecule has 0 amide bonds. The zero-order chi connectivity index (χ0) is 5.54. The highest BCUT2D eigenvalue weighted by Crippen LogP contribution is 1.69. The number of rotatable bonds is 2. The first-order chi connectivity index (χ1) is 3.41. The SMILES string of the molecule is C=CC=CC=C=S. The summed E-state index contributed by atoms with van der Waals surface area (Å²) in [6.45, 7) is 3.46. The fourth-order valence-corrected chi connectivity index (χ4v) is 0.252. The van der Waals surface area contributed by atoms with Gasteiger partial charge in [-0.25, -0.2) is 0 Å². The molecule has 0 saturated heterocycles. The third-order valence-electron chi connectivity index (χ3n) is 0.411. The van der Waals surface area contributed by atoms with Crippen LogP contribution < -0.4 is 0 Å². The molecule has 36 valence electrons. The van der Waals surface area contributed by atoms with E-state index < -0.39 is 0 Å². The van der Waals surface area contributed by atoms with E-state index in [4.69, 9.17) is 0 Å². The van der Waals surface area contributed by atoms with Crippen LogP contribution in [0.1, 0.15) is 0 Å². The standard InChI is InChI=1S/C6H6S/c1-2-3-4-5-6-7/h2-5H,1H2. The van der Waals surface area contributed by atoms with E-state index in [2.05, 4.69) is 23.8 Å². The molecule has 0 N–H and O–H groups in total. The van der Waals surface area contributed by atoms with Crippen molar-refractivity contribution in [3.63, 3.8) is 0 Å². The summed E-state index contributed by atoms with van der Waals surface area (Å²) < 4.78 is 0. The van der Waals surface area contributed by atoms with E-state index in [1.807, 2.05) is 0 Å². The summed E-state index contributed by atoms with van der Waals surface area (Å²) in [7, 11) is 0. The number of allylic oxidation sites excluding steroid dienone is 4. The molecule has 0 radical (unpaired) electrons. The van der Waals surface area contributed by atoms with Crippen LogP contribution in [0.2, 0.25) is 0 Å². The summed E-state index contributed by atoms with van der Waals surface area (Å²) in [6.07, 6.45) is 6.90. The van der Waals surface area contributed by atoms with Crippen LogP contribution in [0.5, 0.6) is 0 Å². The monoisotopic (exact) mass is 110 g/mol. The van der Waals surface area contributed by atoms with Crippen molar-refractivity contribution < 1.29 is 0 Å². The summed E-state index contributed by atoms with van der Waals surface area (Å²) >= 11 is 4.37. The van der Waals surface area contributed by atoms with Crippen molar-refractivity contribution in [3.8, 4) is 0 Å². The Hall–Kier alpha value is -0.650. The van der Waals surface area contributed by atoms with E-state index in [1.165, 1.54) is 0 Å².